The first-order valence-electron chi connectivity index (χ1n) is 6.53. The Bertz CT molecular complexity index is 834. The van der Waals surface area contributed by atoms with Crippen LogP contribution in [-0.2, 0) is 16.6 Å². The molecule has 0 radical (unpaired) electrons. The van der Waals surface area contributed by atoms with Crippen LogP contribution in [0.5, 0.6) is 0 Å². The summed E-state index contributed by atoms with van der Waals surface area (Å²) in [6.45, 7) is 7.51. The Morgan fingerprint density at radius 2 is 1.95 bits per heavy atom. The van der Waals surface area contributed by atoms with E-state index in [0.29, 0.717) is 23.6 Å². The van der Waals surface area contributed by atoms with Crippen LogP contribution in [0.2, 0.25) is 0 Å². The number of aromatic amines is 1. The van der Waals surface area contributed by atoms with E-state index in [1.165, 1.54) is 6.07 Å². The zero-order valence-corrected chi connectivity index (χ0v) is 13.2. The molecule has 0 fully saturated rings. The molecular formula is C13H18N4O3S. The number of sulfonamides is 1. The molecule has 0 aliphatic rings. The number of anilines is 1. The normalized spacial score (nSPS) is 11.6. The maximum Gasteiger partial charge on any atom is 0.272 e. The van der Waals surface area contributed by atoms with Gasteiger partial charge in [-0.2, -0.15) is 5.10 Å². The summed E-state index contributed by atoms with van der Waals surface area (Å²) in [5.41, 5.74) is 1.13. The third-order valence-corrected chi connectivity index (χ3v) is 4.80. The highest BCUT2D eigenvalue weighted by Crippen LogP contribution is 2.21. The van der Waals surface area contributed by atoms with Crippen molar-refractivity contribution in [2.24, 2.45) is 0 Å². The second-order valence-electron chi connectivity index (χ2n) is 4.81. The van der Waals surface area contributed by atoms with Crippen LogP contribution < -0.4 is 10.3 Å². The summed E-state index contributed by atoms with van der Waals surface area (Å²) in [6.07, 6.45) is 0. The van der Waals surface area contributed by atoms with E-state index in [0.717, 1.165) is 0 Å². The fourth-order valence-electron chi connectivity index (χ4n) is 2.23. The van der Waals surface area contributed by atoms with Crippen LogP contribution in [0.1, 0.15) is 24.0 Å². The molecule has 114 valence electrons. The third-order valence-electron chi connectivity index (χ3n) is 3.18. The topological polar surface area (TPSA) is 96.8 Å². The van der Waals surface area contributed by atoms with E-state index in [1.54, 1.807) is 31.5 Å². The van der Waals surface area contributed by atoms with Crippen LogP contribution in [0.3, 0.4) is 0 Å². The van der Waals surface area contributed by atoms with Crippen molar-refractivity contribution in [2.45, 2.75) is 39.1 Å². The monoisotopic (exact) mass is 310 g/mol. The van der Waals surface area contributed by atoms with Crippen molar-refractivity contribution in [3.63, 3.8) is 0 Å². The largest absolute Gasteiger partial charge is 0.325 e. The zero-order chi connectivity index (χ0) is 15.8. The molecule has 2 aromatic heterocycles. The lowest BCUT2D eigenvalue weighted by molar-refractivity contribution is 0.598. The minimum Gasteiger partial charge on any atom is -0.325 e. The molecule has 0 aliphatic carbocycles. The van der Waals surface area contributed by atoms with Gasteiger partial charge in [0, 0.05) is 12.2 Å². The van der Waals surface area contributed by atoms with Crippen LogP contribution in [0.15, 0.2) is 21.8 Å². The fourth-order valence-corrected chi connectivity index (χ4v) is 3.70. The van der Waals surface area contributed by atoms with Crippen molar-refractivity contribution in [3.05, 3.63) is 39.6 Å². The Morgan fingerprint density at radius 1 is 1.29 bits per heavy atom. The van der Waals surface area contributed by atoms with Gasteiger partial charge in [-0.1, -0.05) is 0 Å². The van der Waals surface area contributed by atoms with E-state index in [-0.39, 0.29) is 10.6 Å². The van der Waals surface area contributed by atoms with Crippen LogP contribution in [0.4, 0.5) is 5.69 Å². The number of pyridine rings is 1. The molecule has 2 aromatic rings. The molecule has 21 heavy (non-hydrogen) atoms. The number of hydrogen-bond donors (Lipinski definition) is 2. The lowest BCUT2D eigenvalue weighted by Crippen LogP contribution is -2.21. The SMILES string of the molecule is CCn1nc(C)c(S(=O)(=O)Nc2ccc(C)[nH]c2=O)c1C. The molecule has 2 rings (SSSR count). The van der Waals surface area contributed by atoms with Gasteiger partial charge >= 0.3 is 0 Å². The first-order valence-corrected chi connectivity index (χ1v) is 8.01. The number of H-pyrrole nitrogens is 1. The van der Waals surface area contributed by atoms with Crippen LogP contribution in [-0.4, -0.2) is 23.2 Å². The second kappa shape index (κ2) is 5.36. The van der Waals surface area contributed by atoms with Crippen LogP contribution in [0, 0.1) is 20.8 Å². The minimum atomic E-state index is -3.85. The quantitative estimate of drug-likeness (QED) is 0.890. The predicted octanol–water partition coefficient (Wildman–Crippen LogP) is 1.32. The van der Waals surface area contributed by atoms with Gasteiger partial charge in [0.2, 0.25) is 0 Å². The van der Waals surface area contributed by atoms with Gasteiger partial charge in [-0.15, -0.1) is 0 Å². The molecule has 0 bridgehead atoms. The summed E-state index contributed by atoms with van der Waals surface area (Å²) in [6, 6.07) is 3.08. The molecule has 0 saturated heterocycles. The summed E-state index contributed by atoms with van der Waals surface area (Å²) in [5.74, 6) is 0. The van der Waals surface area contributed by atoms with Gasteiger partial charge in [-0.05, 0) is 39.8 Å². The Labute approximate surface area is 123 Å². The second-order valence-corrected chi connectivity index (χ2v) is 6.42. The van der Waals surface area contributed by atoms with Gasteiger partial charge in [-0.3, -0.25) is 14.2 Å². The third kappa shape index (κ3) is 2.85. The highest BCUT2D eigenvalue weighted by atomic mass is 32.2. The molecule has 2 heterocycles. The van der Waals surface area contributed by atoms with Crippen LogP contribution in [0.25, 0.3) is 0 Å². The maximum absolute atomic E-state index is 12.5. The van der Waals surface area contributed by atoms with E-state index >= 15 is 0 Å². The summed E-state index contributed by atoms with van der Waals surface area (Å²) in [5, 5.41) is 4.18. The van der Waals surface area contributed by atoms with E-state index in [9.17, 15) is 13.2 Å². The fraction of sp³-hybridized carbons (Fsp3) is 0.385. The number of aromatic nitrogens is 3. The highest BCUT2D eigenvalue weighted by Gasteiger charge is 2.25. The Hall–Kier alpha value is -2.09. The number of aryl methyl sites for hydroxylation is 3. The average Bonchev–Trinajstić information content (AvgIpc) is 2.68. The Morgan fingerprint density at radius 3 is 2.48 bits per heavy atom. The van der Waals surface area contributed by atoms with Gasteiger partial charge in [0.1, 0.15) is 10.6 Å². The van der Waals surface area contributed by atoms with Gasteiger partial charge < -0.3 is 4.98 Å². The van der Waals surface area contributed by atoms with Gasteiger partial charge in [0.15, 0.2) is 0 Å². The molecule has 0 spiro atoms. The molecule has 8 heteroatoms. The molecule has 2 N–H and O–H groups in total. The lowest BCUT2D eigenvalue weighted by atomic mass is 10.3. The van der Waals surface area contributed by atoms with Crippen molar-refractivity contribution in [2.75, 3.05) is 4.72 Å². The molecule has 0 amide bonds. The van der Waals surface area contributed by atoms with Crippen molar-refractivity contribution < 1.29 is 8.42 Å². The van der Waals surface area contributed by atoms with Crippen molar-refractivity contribution >= 4 is 15.7 Å². The van der Waals surface area contributed by atoms with Gasteiger partial charge in [-0.25, -0.2) is 8.42 Å². The molecule has 0 unspecified atom stereocenters. The van der Waals surface area contributed by atoms with Gasteiger partial charge in [0.05, 0.1) is 11.4 Å². The Kier molecular flexibility index (Phi) is 3.91. The van der Waals surface area contributed by atoms with Crippen molar-refractivity contribution in [1.29, 1.82) is 0 Å². The summed E-state index contributed by atoms with van der Waals surface area (Å²) < 4.78 is 28.9. The van der Waals surface area contributed by atoms with E-state index in [1.807, 2.05) is 6.92 Å². The number of nitrogens with one attached hydrogen (secondary N) is 2. The number of hydrogen-bond acceptors (Lipinski definition) is 4. The van der Waals surface area contributed by atoms with Gasteiger partial charge in [0.25, 0.3) is 15.6 Å². The molecule has 0 aromatic carbocycles. The average molecular weight is 310 g/mol. The summed E-state index contributed by atoms with van der Waals surface area (Å²) in [4.78, 5) is 14.4. The maximum atomic E-state index is 12.5. The van der Waals surface area contributed by atoms with Crippen molar-refractivity contribution in [1.82, 2.24) is 14.8 Å². The highest BCUT2D eigenvalue weighted by molar-refractivity contribution is 7.92. The number of nitrogens with zero attached hydrogens (tertiary/aromatic N) is 2. The molecule has 0 saturated carbocycles. The van der Waals surface area contributed by atoms with Crippen molar-refractivity contribution in [3.8, 4) is 0 Å². The molecule has 0 aliphatic heterocycles. The standard InChI is InChI=1S/C13H18N4O3S/c1-5-17-10(4)12(9(3)15-17)21(19,20)16-11-7-6-8(2)14-13(11)18/h6-7,16H,5H2,1-4H3,(H,14,18). The smallest absolute Gasteiger partial charge is 0.272 e. The van der Waals surface area contributed by atoms with E-state index < -0.39 is 15.6 Å². The summed E-state index contributed by atoms with van der Waals surface area (Å²) >= 11 is 0. The lowest BCUT2D eigenvalue weighted by Gasteiger charge is -2.08. The number of rotatable bonds is 4. The molecule has 0 atom stereocenters. The minimum absolute atomic E-state index is 0.0105. The first kappa shape index (κ1) is 15.3. The molecular weight excluding hydrogens is 292 g/mol. The predicted molar refractivity (Wildman–Crippen MR) is 80.0 cm³/mol. The van der Waals surface area contributed by atoms with Crippen LogP contribution >= 0.6 is 0 Å². The molecule has 7 nitrogen and oxygen atoms in total. The zero-order valence-electron chi connectivity index (χ0n) is 12.4. The summed E-state index contributed by atoms with van der Waals surface area (Å²) in [7, 11) is -3.85. The first-order chi connectivity index (χ1) is 9.76. The van der Waals surface area contributed by atoms with E-state index in [4.69, 9.17) is 0 Å². The Balaban J connectivity index is 2.48. The van der Waals surface area contributed by atoms with E-state index in [2.05, 4.69) is 14.8 Å².